The Hall–Kier alpha value is -3.02. The molecule has 0 aliphatic heterocycles. The first kappa shape index (κ1) is 16.4. The predicted molar refractivity (Wildman–Crippen MR) is 83.1 cm³/mol. The molecule has 2 aromatic rings. The van der Waals surface area contributed by atoms with Gasteiger partial charge in [0.2, 0.25) is 0 Å². The summed E-state index contributed by atoms with van der Waals surface area (Å²) in [6.45, 7) is 0.0386. The van der Waals surface area contributed by atoms with Crippen molar-refractivity contribution in [2.45, 2.75) is 12.6 Å². The van der Waals surface area contributed by atoms with Crippen LogP contribution in [0.5, 0.6) is 5.75 Å². The Bertz CT molecular complexity index is 654. The summed E-state index contributed by atoms with van der Waals surface area (Å²) in [5, 5.41) is 11.6. The molecule has 6 heteroatoms. The zero-order chi connectivity index (χ0) is 16.7. The maximum atomic E-state index is 11.8. The van der Waals surface area contributed by atoms with Gasteiger partial charge in [0.1, 0.15) is 12.4 Å². The van der Waals surface area contributed by atoms with Crippen molar-refractivity contribution in [3.63, 3.8) is 0 Å². The summed E-state index contributed by atoms with van der Waals surface area (Å²) in [4.78, 5) is 23.1. The molecule has 1 atom stereocenters. The van der Waals surface area contributed by atoms with Crippen molar-refractivity contribution in [1.29, 1.82) is 0 Å². The van der Waals surface area contributed by atoms with E-state index >= 15 is 0 Å². The summed E-state index contributed by atoms with van der Waals surface area (Å²) in [7, 11) is 1.56. The van der Waals surface area contributed by atoms with Gasteiger partial charge in [0.15, 0.2) is 6.04 Å². The molecule has 2 rings (SSSR count). The van der Waals surface area contributed by atoms with E-state index in [0.717, 1.165) is 5.56 Å². The third-order valence-electron chi connectivity index (χ3n) is 3.17. The Morgan fingerprint density at radius 3 is 2.30 bits per heavy atom. The first-order valence-electron chi connectivity index (χ1n) is 6.94. The van der Waals surface area contributed by atoms with Gasteiger partial charge in [0, 0.05) is 0 Å². The SMILES string of the molecule is COc1ccc(COC(=O)N[C@@H](C(=O)O)c2ccccc2)cc1. The highest BCUT2D eigenvalue weighted by Gasteiger charge is 2.22. The lowest BCUT2D eigenvalue weighted by molar-refractivity contribution is -0.139. The van der Waals surface area contributed by atoms with Crippen LogP contribution >= 0.6 is 0 Å². The van der Waals surface area contributed by atoms with E-state index in [0.29, 0.717) is 11.3 Å². The summed E-state index contributed by atoms with van der Waals surface area (Å²) in [6, 6.07) is 14.3. The van der Waals surface area contributed by atoms with Crippen LogP contribution < -0.4 is 10.1 Å². The van der Waals surface area contributed by atoms with E-state index in [1.165, 1.54) is 0 Å². The molecule has 0 aliphatic carbocycles. The number of carboxylic acids is 1. The fourth-order valence-electron chi connectivity index (χ4n) is 1.96. The van der Waals surface area contributed by atoms with Crippen molar-refractivity contribution < 1.29 is 24.2 Å². The molecule has 23 heavy (non-hydrogen) atoms. The lowest BCUT2D eigenvalue weighted by Crippen LogP contribution is -2.34. The molecule has 0 aliphatic rings. The summed E-state index contributed by atoms with van der Waals surface area (Å²) in [5.74, 6) is -0.453. The number of nitrogens with one attached hydrogen (secondary N) is 1. The van der Waals surface area contributed by atoms with Gasteiger partial charge in [-0.15, -0.1) is 0 Å². The monoisotopic (exact) mass is 315 g/mol. The second kappa shape index (κ2) is 7.84. The van der Waals surface area contributed by atoms with Gasteiger partial charge in [0.25, 0.3) is 0 Å². The molecule has 0 heterocycles. The number of methoxy groups -OCH3 is 1. The lowest BCUT2D eigenvalue weighted by atomic mass is 10.1. The minimum absolute atomic E-state index is 0.0386. The van der Waals surface area contributed by atoms with Crippen LogP contribution in [0.3, 0.4) is 0 Å². The second-order valence-electron chi connectivity index (χ2n) is 4.75. The largest absolute Gasteiger partial charge is 0.497 e. The van der Waals surface area contributed by atoms with Crippen molar-refractivity contribution >= 4 is 12.1 Å². The number of carbonyl (C=O) groups is 2. The quantitative estimate of drug-likeness (QED) is 0.856. The number of rotatable bonds is 6. The molecule has 0 unspecified atom stereocenters. The molecule has 0 fully saturated rings. The van der Waals surface area contributed by atoms with Crippen LogP contribution in [-0.4, -0.2) is 24.3 Å². The number of hydrogen-bond donors (Lipinski definition) is 2. The third-order valence-corrected chi connectivity index (χ3v) is 3.17. The summed E-state index contributed by atoms with van der Waals surface area (Å²) in [6.07, 6.45) is -0.794. The molecule has 2 N–H and O–H groups in total. The Morgan fingerprint density at radius 1 is 1.09 bits per heavy atom. The summed E-state index contributed by atoms with van der Waals surface area (Å²) < 4.78 is 10.1. The molecule has 0 bridgehead atoms. The topological polar surface area (TPSA) is 84.9 Å². The molecule has 1 amide bonds. The van der Waals surface area contributed by atoms with Gasteiger partial charge in [-0.1, -0.05) is 42.5 Å². The standard InChI is InChI=1S/C17H17NO5/c1-22-14-9-7-12(8-10-14)11-23-17(21)18-15(16(19)20)13-5-3-2-4-6-13/h2-10,15H,11H2,1H3,(H,18,21)(H,19,20)/t15-/m1/s1. The zero-order valence-corrected chi connectivity index (χ0v) is 12.6. The number of alkyl carbamates (subject to hydrolysis) is 1. The molecule has 0 radical (unpaired) electrons. The summed E-state index contributed by atoms with van der Waals surface area (Å²) >= 11 is 0. The van der Waals surface area contributed by atoms with Crippen LogP contribution in [0, 0.1) is 0 Å². The van der Waals surface area contributed by atoms with Crippen LogP contribution in [0.2, 0.25) is 0 Å². The van der Waals surface area contributed by atoms with Crippen LogP contribution in [0.4, 0.5) is 4.79 Å². The Balaban J connectivity index is 1.93. The fourth-order valence-corrected chi connectivity index (χ4v) is 1.96. The normalized spacial score (nSPS) is 11.3. The van der Waals surface area contributed by atoms with Gasteiger partial charge in [-0.2, -0.15) is 0 Å². The number of carbonyl (C=O) groups excluding carboxylic acids is 1. The number of ether oxygens (including phenoxy) is 2. The number of aliphatic carboxylic acids is 1. The van der Waals surface area contributed by atoms with E-state index in [1.54, 1.807) is 61.7 Å². The van der Waals surface area contributed by atoms with Crippen LogP contribution in [0.1, 0.15) is 17.2 Å². The van der Waals surface area contributed by atoms with Gasteiger partial charge < -0.3 is 19.9 Å². The van der Waals surface area contributed by atoms with E-state index < -0.39 is 18.1 Å². The van der Waals surface area contributed by atoms with Gasteiger partial charge in [-0.3, -0.25) is 0 Å². The van der Waals surface area contributed by atoms with E-state index in [2.05, 4.69) is 5.32 Å². The van der Waals surface area contributed by atoms with Crippen LogP contribution in [0.15, 0.2) is 54.6 Å². The van der Waals surface area contributed by atoms with Gasteiger partial charge in [-0.25, -0.2) is 9.59 Å². The molecular weight excluding hydrogens is 298 g/mol. The second-order valence-corrected chi connectivity index (χ2v) is 4.75. The Kier molecular flexibility index (Phi) is 5.57. The number of benzene rings is 2. The van der Waals surface area contributed by atoms with E-state index in [1.807, 2.05) is 0 Å². The smallest absolute Gasteiger partial charge is 0.408 e. The minimum Gasteiger partial charge on any atom is -0.497 e. The van der Waals surface area contributed by atoms with Crippen LogP contribution in [-0.2, 0) is 16.1 Å². The van der Waals surface area contributed by atoms with Gasteiger partial charge in [-0.05, 0) is 23.3 Å². The maximum absolute atomic E-state index is 11.8. The molecule has 0 saturated carbocycles. The van der Waals surface area contributed by atoms with E-state index in [4.69, 9.17) is 9.47 Å². The highest BCUT2D eigenvalue weighted by Crippen LogP contribution is 2.14. The molecule has 120 valence electrons. The maximum Gasteiger partial charge on any atom is 0.408 e. The number of hydrogen-bond acceptors (Lipinski definition) is 4. The molecule has 2 aromatic carbocycles. The zero-order valence-electron chi connectivity index (χ0n) is 12.6. The summed E-state index contributed by atoms with van der Waals surface area (Å²) in [5.41, 5.74) is 1.24. The fraction of sp³-hybridized carbons (Fsp3) is 0.176. The van der Waals surface area contributed by atoms with Crippen molar-refractivity contribution in [3.05, 3.63) is 65.7 Å². The van der Waals surface area contributed by atoms with Crippen molar-refractivity contribution in [3.8, 4) is 5.75 Å². The van der Waals surface area contributed by atoms with Gasteiger partial charge >= 0.3 is 12.1 Å². The average molecular weight is 315 g/mol. The molecule has 0 saturated heterocycles. The number of carboxylic acid groups (broad SMARTS) is 1. The Morgan fingerprint density at radius 2 is 1.74 bits per heavy atom. The average Bonchev–Trinajstić information content (AvgIpc) is 2.58. The minimum atomic E-state index is -1.16. The third kappa shape index (κ3) is 4.74. The van der Waals surface area contributed by atoms with Gasteiger partial charge in [0.05, 0.1) is 7.11 Å². The first-order chi connectivity index (χ1) is 11.1. The van der Waals surface area contributed by atoms with Crippen LogP contribution in [0.25, 0.3) is 0 Å². The predicted octanol–water partition coefficient (Wildman–Crippen LogP) is 2.75. The van der Waals surface area contributed by atoms with Crippen molar-refractivity contribution in [1.82, 2.24) is 5.32 Å². The first-order valence-corrected chi connectivity index (χ1v) is 6.94. The Labute approximate surface area is 133 Å². The lowest BCUT2D eigenvalue weighted by Gasteiger charge is -2.15. The number of amides is 1. The highest BCUT2D eigenvalue weighted by molar-refractivity contribution is 5.81. The molecule has 0 spiro atoms. The molecule has 0 aromatic heterocycles. The molecule has 6 nitrogen and oxygen atoms in total. The van der Waals surface area contributed by atoms with E-state index in [-0.39, 0.29) is 6.61 Å². The van der Waals surface area contributed by atoms with Crippen molar-refractivity contribution in [2.75, 3.05) is 7.11 Å². The molecular formula is C17H17NO5. The highest BCUT2D eigenvalue weighted by atomic mass is 16.5. The van der Waals surface area contributed by atoms with E-state index in [9.17, 15) is 14.7 Å². The van der Waals surface area contributed by atoms with Crippen molar-refractivity contribution in [2.24, 2.45) is 0 Å².